The van der Waals surface area contributed by atoms with Crippen molar-refractivity contribution in [3.05, 3.63) is 20.8 Å². The number of hydrogen-bond donors (Lipinski definition) is 0. The minimum atomic E-state index is 0.139. The van der Waals surface area contributed by atoms with Crippen LogP contribution in [-0.2, 0) is 11.2 Å². The molecule has 0 bridgehead atoms. The second-order valence-corrected chi connectivity index (χ2v) is 4.76. The molecule has 0 aliphatic heterocycles. The van der Waals surface area contributed by atoms with Crippen LogP contribution in [0.25, 0.3) is 0 Å². The van der Waals surface area contributed by atoms with Crippen LogP contribution in [0.1, 0.15) is 18.7 Å². The Morgan fingerprint density at radius 2 is 2.42 bits per heavy atom. The predicted molar refractivity (Wildman–Crippen MR) is 55.6 cm³/mol. The van der Waals surface area contributed by atoms with E-state index in [4.69, 9.17) is 0 Å². The highest BCUT2D eigenvalue weighted by Gasteiger charge is 2.11. The summed E-state index contributed by atoms with van der Waals surface area (Å²) in [7, 11) is 0. The molecule has 3 heteroatoms. The predicted octanol–water partition coefficient (Wildman–Crippen LogP) is 3.28. The number of halogens is 1. The summed E-state index contributed by atoms with van der Waals surface area (Å²) in [6.45, 7) is 3.61. The van der Waals surface area contributed by atoms with Gasteiger partial charge in [0.15, 0.2) is 0 Å². The number of thiophene rings is 1. The fraction of sp³-hybridized carbons (Fsp3) is 0.444. The van der Waals surface area contributed by atoms with Crippen LogP contribution in [-0.4, -0.2) is 5.78 Å². The van der Waals surface area contributed by atoms with Crippen molar-refractivity contribution in [2.45, 2.75) is 20.3 Å². The van der Waals surface area contributed by atoms with E-state index in [1.165, 1.54) is 4.88 Å². The third-order valence-corrected chi connectivity index (χ3v) is 3.83. The van der Waals surface area contributed by atoms with E-state index in [0.29, 0.717) is 0 Å². The van der Waals surface area contributed by atoms with E-state index in [1.54, 1.807) is 18.3 Å². The van der Waals surface area contributed by atoms with E-state index in [1.807, 2.05) is 18.4 Å². The zero-order valence-corrected chi connectivity index (χ0v) is 9.54. The molecule has 1 atom stereocenters. The van der Waals surface area contributed by atoms with Crippen molar-refractivity contribution >= 4 is 33.0 Å². The maximum Gasteiger partial charge on any atom is 0.132 e. The minimum absolute atomic E-state index is 0.139. The molecular formula is C9H11BrOS. The summed E-state index contributed by atoms with van der Waals surface area (Å²) in [6, 6.07) is 2.02. The first-order chi connectivity index (χ1) is 5.61. The highest BCUT2D eigenvalue weighted by Crippen LogP contribution is 2.25. The Bertz CT molecular complexity index is 280. The molecule has 0 amide bonds. The molecule has 0 aliphatic carbocycles. The molecule has 66 valence electrons. The van der Waals surface area contributed by atoms with Gasteiger partial charge in [0.05, 0.1) is 0 Å². The smallest absolute Gasteiger partial charge is 0.132 e. The van der Waals surface area contributed by atoms with Gasteiger partial charge in [-0.25, -0.2) is 0 Å². The Balaban J connectivity index is 2.64. The Morgan fingerprint density at radius 1 is 1.75 bits per heavy atom. The van der Waals surface area contributed by atoms with Gasteiger partial charge in [0.1, 0.15) is 5.78 Å². The van der Waals surface area contributed by atoms with Crippen LogP contribution in [0.3, 0.4) is 0 Å². The molecule has 0 aromatic carbocycles. The lowest BCUT2D eigenvalue weighted by atomic mass is 10.0. The second kappa shape index (κ2) is 4.19. The number of carbonyl (C=O) groups excluding carboxylic acids is 1. The molecule has 0 aliphatic rings. The van der Waals surface area contributed by atoms with Crippen molar-refractivity contribution in [2.75, 3.05) is 0 Å². The van der Waals surface area contributed by atoms with Gasteiger partial charge in [-0.2, -0.15) is 0 Å². The Morgan fingerprint density at radius 3 is 2.83 bits per heavy atom. The van der Waals surface area contributed by atoms with E-state index in [-0.39, 0.29) is 11.7 Å². The quantitative estimate of drug-likeness (QED) is 0.801. The van der Waals surface area contributed by atoms with Crippen LogP contribution >= 0.6 is 27.3 Å². The lowest BCUT2D eigenvalue weighted by Gasteiger charge is -2.04. The average molecular weight is 247 g/mol. The van der Waals surface area contributed by atoms with Crippen LogP contribution in [0.4, 0.5) is 0 Å². The first kappa shape index (κ1) is 9.93. The van der Waals surface area contributed by atoms with E-state index in [2.05, 4.69) is 15.9 Å². The molecular weight excluding hydrogens is 236 g/mol. The van der Waals surface area contributed by atoms with Gasteiger partial charge in [0.2, 0.25) is 0 Å². The molecule has 12 heavy (non-hydrogen) atoms. The lowest BCUT2D eigenvalue weighted by Crippen LogP contribution is -2.08. The van der Waals surface area contributed by atoms with E-state index >= 15 is 0 Å². The fourth-order valence-electron chi connectivity index (χ4n) is 0.893. The SMILES string of the molecule is CC(=O)C(C)Cc1sccc1Br. The number of carbonyl (C=O) groups is 1. The van der Waals surface area contributed by atoms with Crippen molar-refractivity contribution in [3.63, 3.8) is 0 Å². The van der Waals surface area contributed by atoms with Gasteiger partial charge in [-0.05, 0) is 40.7 Å². The average Bonchev–Trinajstić information content (AvgIpc) is 2.36. The number of hydrogen-bond acceptors (Lipinski definition) is 2. The Hall–Kier alpha value is -0.150. The van der Waals surface area contributed by atoms with Gasteiger partial charge in [0, 0.05) is 15.3 Å². The minimum Gasteiger partial charge on any atom is -0.300 e. The molecule has 0 N–H and O–H groups in total. The van der Waals surface area contributed by atoms with Crippen molar-refractivity contribution in [2.24, 2.45) is 5.92 Å². The number of rotatable bonds is 3. The standard InChI is InChI=1S/C9H11BrOS/c1-6(7(2)11)5-9-8(10)3-4-12-9/h3-4,6H,5H2,1-2H3. The maximum absolute atomic E-state index is 11.0. The van der Waals surface area contributed by atoms with E-state index < -0.39 is 0 Å². The van der Waals surface area contributed by atoms with E-state index in [9.17, 15) is 4.79 Å². The van der Waals surface area contributed by atoms with Crippen LogP contribution in [0.5, 0.6) is 0 Å². The molecule has 0 fully saturated rings. The first-order valence-electron chi connectivity index (χ1n) is 3.83. The number of ketones is 1. The van der Waals surface area contributed by atoms with Crippen LogP contribution in [0.15, 0.2) is 15.9 Å². The summed E-state index contributed by atoms with van der Waals surface area (Å²) in [6.07, 6.45) is 0.855. The lowest BCUT2D eigenvalue weighted by molar-refractivity contribution is -0.120. The van der Waals surface area contributed by atoms with Crippen molar-refractivity contribution < 1.29 is 4.79 Å². The van der Waals surface area contributed by atoms with Crippen LogP contribution in [0, 0.1) is 5.92 Å². The molecule has 0 spiro atoms. The van der Waals surface area contributed by atoms with Crippen molar-refractivity contribution in [1.29, 1.82) is 0 Å². The Kier molecular flexibility index (Phi) is 3.47. The zero-order chi connectivity index (χ0) is 9.14. The molecule has 1 nitrogen and oxygen atoms in total. The third kappa shape index (κ3) is 2.42. The maximum atomic E-state index is 11.0. The van der Waals surface area contributed by atoms with E-state index in [0.717, 1.165) is 10.9 Å². The largest absolute Gasteiger partial charge is 0.300 e. The Labute approximate surface area is 84.9 Å². The summed E-state index contributed by atoms with van der Waals surface area (Å²) in [5.74, 6) is 0.398. The third-order valence-electron chi connectivity index (χ3n) is 1.88. The van der Waals surface area contributed by atoms with Crippen molar-refractivity contribution in [1.82, 2.24) is 0 Å². The molecule has 1 heterocycles. The van der Waals surface area contributed by atoms with Gasteiger partial charge in [-0.15, -0.1) is 11.3 Å². The zero-order valence-electron chi connectivity index (χ0n) is 7.13. The van der Waals surface area contributed by atoms with Crippen LogP contribution < -0.4 is 0 Å². The summed E-state index contributed by atoms with van der Waals surface area (Å²) >= 11 is 5.14. The summed E-state index contributed by atoms with van der Waals surface area (Å²) in [5, 5.41) is 2.03. The molecule has 0 saturated carbocycles. The molecule has 0 saturated heterocycles. The van der Waals surface area contributed by atoms with Gasteiger partial charge in [-0.1, -0.05) is 6.92 Å². The highest BCUT2D eigenvalue weighted by molar-refractivity contribution is 9.10. The molecule has 1 unspecified atom stereocenters. The number of Topliss-reactive ketones (excluding diaryl/α,β-unsaturated/α-hetero) is 1. The first-order valence-corrected chi connectivity index (χ1v) is 5.51. The van der Waals surface area contributed by atoms with Gasteiger partial charge in [-0.3, -0.25) is 4.79 Å². The summed E-state index contributed by atoms with van der Waals surface area (Å²) in [4.78, 5) is 12.2. The molecule has 0 radical (unpaired) electrons. The highest BCUT2D eigenvalue weighted by atomic mass is 79.9. The molecule has 1 rings (SSSR count). The monoisotopic (exact) mass is 246 g/mol. The molecule has 1 aromatic heterocycles. The van der Waals surface area contributed by atoms with Gasteiger partial charge < -0.3 is 0 Å². The van der Waals surface area contributed by atoms with Gasteiger partial charge in [0.25, 0.3) is 0 Å². The topological polar surface area (TPSA) is 17.1 Å². The van der Waals surface area contributed by atoms with Gasteiger partial charge >= 0.3 is 0 Å². The fourth-order valence-corrected chi connectivity index (χ4v) is 2.54. The molecule has 1 aromatic rings. The second-order valence-electron chi connectivity index (χ2n) is 2.91. The summed E-state index contributed by atoms with van der Waals surface area (Å²) in [5.41, 5.74) is 0. The van der Waals surface area contributed by atoms with Crippen molar-refractivity contribution in [3.8, 4) is 0 Å². The van der Waals surface area contributed by atoms with Crippen LogP contribution in [0.2, 0.25) is 0 Å². The summed E-state index contributed by atoms with van der Waals surface area (Å²) < 4.78 is 1.13. The normalized spacial score (nSPS) is 12.9.